The number of carbonyl (C=O) groups excluding carboxylic acids is 1. The van der Waals surface area contributed by atoms with Gasteiger partial charge in [0.05, 0.1) is 18.9 Å². The molecule has 0 saturated heterocycles. The lowest BCUT2D eigenvalue weighted by Gasteiger charge is -2.21. The van der Waals surface area contributed by atoms with Gasteiger partial charge in [-0.3, -0.25) is 4.79 Å². The molecule has 1 aliphatic rings. The zero-order chi connectivity index (χ0) is 19.8. The first-order valence-corrected chi connectivity index (χ1v) is 9.43. The summed E-state index contributed by atoms with van der Waals surface area (Å²) in [6, 6.07) is 15.5. The van der Waals surface area contributed by atoms with Gasteiger partial charge in [-0.25, -0.2) is 9.99 Å². The fourth-order valence-corrected chi connectivity index (χ4v) is 3.87. The number of fused-ring (bicyclic) bond motifs is 1. The van der Waals surface area contributed by atoms with Crippen molar-refractivity contribution in [3.8, 4) is 5.75 Å². The average Bonchev–Trinajstić information content (AvgIpc) is 3.12. The Kier molecular flexibility index (Phi) is 4.77. The van der Waals surface area contributed by atoms with Crippen molar-refractivity contribution in [2.75, 3.05) is 7.11 Å². The van der Waals surface area contributed by atoms with Gasteiger partial charge in [0.1, 0.15) is 16.4 Å². The van der Waals surface area contributed by atoms with Crippen LogP contribution < -0.4 is 4.74 Å². The van der Waals surface area contributed by atoms with Crippen molar-refractivity contribution < 1.29 is 9.53 Å². The molecule has 1 aromatic heterocycles. The number of rotatable bonds is 3. The van der Waals surface area contributed by atoms with Gasteiger partial charge in [-0.15, -0.1) is 0 Å². The number of nitrogens with zero attached hydrogens (tertiary/aromatic N) is 3. The number of ether oxygens (including phenoxy) is 1. The number of hydrazone groups is 1. The maximum atomic E-state index is 12.3. The average molecular weight is 394 g/mol. The number of benzene rings is 2. The number of pyridine rings is 1. The van der Waals surface area contributed by atoms with Crippen molar-refractivity contribution in [2.45, 2.75) is 26.3 Å². The molecule has 0 aliphatic carbocycles. The second kappa shape index (κ2) is 7.24. The second-order valence-corrected chi connectivity index (χ2v) is 7.26. The lowest BCUT2D eigenvalue weighted by atomic mass is 9.97. The summed E-state index contributed by atoms with van der Waals surface area (Å²) in [7, 11) is 1.61. The Morgan fingerprint density at radius 3 is 2.71 bits per heavy atom. The van der Waals surface area contributed by atoms with Crippen molar-refractivity contribution >= 4 is 34.1 Å². The molecule has 1 aliphatic heterocycles. The van der Waals surface area contributed by atoms with E-state index < -0.39 is 0 Å². The summed E-state index contributed by atoms with van der Waals surface area (Å²) in [6.45, 7) is 3.55. The van der Waals surface area contributed by atoms with Gasteiger partial charge in [-0.1, -0.05) is 53.6 Å². The van der Waals surface area contributed by atoms with Crippen molar-refractivity contribution in [1.29, 1.82) is 0 Å². The van der Waals surface area contributed by atoms with Gasteiger partial charge in [0.25, 0.3) is 0 Å². The van der Waals surface area contributed by atoms with Gasteiger partial charge in [-0.05, 0) is 24.6 Å². The molecule has 28 heavy (non-hydrogen) atoms. The first kappa shape index (κ1) is 18.4. The summed E-state index contributed by atoms with van der Waals surface area (Å²) in [5, 5.41) is 7.37. The Hall–Kier alpha value is -2.92. The Morgan fingerprint density at radius 2 is 2.00 bits per heavy atom. The van der Waals surface area contributed by atoms with E-state index >= 15 is 0 Å². The van der Waals surface area contributed by atoms with Crippen molar-refractivity contribution in [1.82, 2.24) is 9.99 Å². The van der Waals surface area contributed by atoms with E-state index in [9.17, 15) is 4.79 Å². The van der Waals surface area contributed by atoms with Crippen LogP contribution in [0.5, 0.6) is 5.75 Å². The number of carbonyl (C=O) groups is 1. The molecular formula is C22H20ClN3O2. The lowest BCUT2D eigenvalue weighted by molar-refractivity contribution is -0.130. The van der Waals surface area contributed by atoms with E-state index in [0.717, 1.165) is 27.8 Å². The molecule has 1 atom stereocenters. The number of aromatic nitrogens is 1. The van der Waals surface area contributed by atoms with E-state index in [4.69, 9.17) is 16.3 Å². The summed E-state index contributed by atoms with van der Waals surface area (Å²) in [5.41, 5.74) is 4.51. The van der Waals surface area contributed by atoms with Crippen LogP contribution in [-0.4, -0.2) is 28.7 Å². The van der Waals surface area contributed by atoms with E-state index in [1.807, 2.05) is 49.4 Å². The van der Waals surface area contributed by atoms with E-state index in [0.29, 0.717) is 22.8 Å². The first-order chi connectivity index (χ1) is 13.5. The highest BCUT2D eigenvalue weighted by molar-refractivity contribution is 6.30. The third-order valence-electron chi connectivity index (χ3n) is 4.95. The summed E-state index contributed by atoms with van der Waals surface area (Å²) in [6.07, 6.45) is 0.583. The summed E-state index contributed by atoms with van der Waals surface area (Å²) in [4.78, 5) is 16.8. The van der Waals surface area contributed by atoms with Gasteiger partial charge in [0, 0.05) is 24.3 Å². The third-order valence-corrected chi connectivity index (χ3v) is 5.26. The SMILES string of the molecule is COc1cccc2cc([C@H]3CC(c4cccc(C)c4)=NN3C(C)=O)c(Cl)nc12. The highest BCUT2D eigenvalue weighted by atomic mass is 35.5. The van der Waals surface area contributed by atoms with Crippen LogP contribution in [0.15, 0.2) is 53.6 Å². The van der Waals surface area contributed by atoms with Crippen LogP contribution in [-0.2, 0) is 4.79 Å². The predicted molar refractivity (Wildman–Crippen MR) is 111 cm³/mol. The molecule has 0 unspecified atom stereocenters. The van der Waals surface area contributed by atoms with Crippen LogP contribution in [0.3, 0.4) is 0 Å². The molecule has 0 fully saturated rings. The normalized spacial score (nSPS) is 16.4. The topological polar surface area (TPSA) is 54.8 Å². The molecule has 2 heterocycles. The minimum Gasteiger partial charge on any atom is -0.494 e. The van der Waals surface area contributed by atoms with E-state index in [1.165, 1.54) is 11.9 Å². The maximum absolute atomic E-state index is 12.3. The van der Waals surface area contributed by atoms with E-state index in [-0.39, 0.29) is 11.9 Å². The van der Waals surface area contributed by atoms with Crippen LogP contribution in [0.1, 0.15) is 36.1 Å². The molecule has 0 radical (unpaired) electrons. The zero-order valence-electron chi connectivity index (χ0n) is 15.9. The highest BCUT2D eigenvalue weighted by Crippen LogP contribution is 2.38. The summed E-state index contributed by atoms with van der Waals surface area (Å²) < 4.78 is 5.38. The number of para-hydroxylation sites is 1. The fraction of sp³-hybridized carbons (Fsp3) is 0.227. The molecule has 6 heteroatoms. The Morgan fingerprint density at radius 1 is 1.21 bits per heavy atom. The molecule has 0 bridgehead atoms. The molecule has 3 aromatic rings. The molecule has 5 nitrogen and oxygen atoms in total. The van der Waals surface area contributed by atoms with Crippen LogP contribution in [0.4, 0.5) is 0 Å². The molecular weight excluding hydrogens is 374 g/mol. The monoisotopic (exact) mass is 393 g/mol. The van der Waals surface area contributed by atoms with Gasteiger partial charge in [0.15, 0.2) is 0 Å². The minimum atomic E-state index is -0.288. The van der Waals surface area contributed by atoms with Crippen LogP contribution in [0, 0.1) is 6.92 Å². The number of methoxy groups -OCH3 is 1. The predicted octanol–water partition coefficient (Wildman–Crippen LogP) is 4.90. The van der Waals surface area contributed by atoms with Crippen LogP contribution >= 0.6 is 11.6 Å². The molecule has 4 rings (SSSR count). The first-order valence-electron chi connectivity index (χ1n) is 9.05. The standard InChI is InChI=1S/C22H20ClN3O2/c1-13-6-4-7-15(10-13)18-12-19(26(25-18)14(2)27)17-11-16-8-5-9-20(28-3)21(16)24-22(17)23/h4-11,19H,12H2,1-3H3/t19-/m1/s1. The highest BCUT2D eigenvalue weighted by Gasteiger charge is 2.33. The molecule has 0 spiro atoms. The smallest absolute Gasteiger partial charge is 0.240 e. The van der Waals surface area contributed by atoms with Crippen molar-refractivity contribution in [3.63, 3.8) is 0 Å². The quantitative estimate of drug-likeness (QED) is 0.594. The Balaban J connectivity index is 1.78. The van der Waals surface area contributed by atoms with Gasteiger partial charge < -0.3 is 4.74 Å². The summed E-state index contributed by atoms with van der Waals surface area (Å²) in [5.74, 6) is 0.534. The van der Waals surface area contributed by atoms with Crippen LogP contribution in [0.2, 0.25) is 5.15 Å². The largest absolute Gasteiger partial charge is 0.494 e. The lowest BCUT2D eigenvalue weighted by Crippen LogP contribution is -2.24. The number of aryl methyl sites for hydroxylation is 1. The minimum absolute atomic E-state index is 0.130. The maximum Gasteiger partial charge on any atom is 0.240 e. The van der Waals surface area contributed by atoms with E-state index in [2.05, 4.69) is 16.2 Å². The molecule has 2 aromatic carbocycles. The van der Waals surface area contributed by atoms with Gasteiger partial charge in [0.2, 0.25) is 5.91 Å². The van der Waals surface area contributed by atoms with Crippen molar-refractivity contribution in [3.05, 3.63) is 70.4 Å². The third kappa shape index (κ3) is 3.22. The second-order valence-electron chi connectivity index (χ2n) is 6.90. The molecule has 1 amide bonds. The van der Waals surface area contributed by atoms with Crippen molar-refractivity contribution in [2.24, 2.45) is 5.10 Å². The van der Waals surface area contributed by atoms with Gasteiger partial charge >= 0.3 is 0 Å². The number of halogens is 1. The Bertz CT molecular complexity index is 1110. The number of hydrogen-bond acceptors (Lipinski definition) is 4. The van der Waals surface area contributed by atoms with Crippen LogP contribution in [0.25, 0.3) is 10.9 Å². The number of hydrogen-bond donors (Lipinski definition) is 0. The fourth-order valence-electron chi connectivity index (χ4n) is 3.61. The zero-order valence-corrected chi connectivity index (χ0v) is 16.7. The van der Waals surface area contributed by atoms with Gasteiger partial charge in [-0.2, -0.15) is 5.10 Å². The number of amides is 1. The Labute approximate surface area is 168 Å². The molecule has 142 valence electrons. The molecule has 0 saturated carbocycles. The molecule has 0 N–H and O–H groups in total. The van der Waals surface area contributed by atoms with E-state index in [1.54, 1.807) is 7.11 Å². The summed E-state index contributed by atoms with van der Waals surface area (Å²) >= 11 is 6.55.